The van der Waals surface area contributed by atoms with Crippen molar-refractivity contribution in [3.63, 3.8) is 0 Å². The summed E-state index contributed by atoms with van der Waals surface area (Å²) < 4.78 is 11.0. The summed E-state index contributed by atoms with van der Waals surface area (Å²) in [6, 6.07) is 6.13. The SMILES string of the molecule is CCCC(CC)NCC(O)c1ccc2c(c1)OCCO2. The number of hydrogen-bond donors (Lipinski definition) is 2. The van der Waals surface area contributed by atoms with Crippen LogP contribution >= 0.6 is 0 Å². The van der Waals surface area contributed by atoms with Crippen molar-refractivity contribution < 1.29 is 14.6 Å². The molecule has 2 rings (SSSR count). The van der Waals surface area contributed by atoms with E-state index in [0.717, 1.165) is 36.3 Å². The number of benzene rings is 1. The molecule has 0 saturated heterocycles. The first-order valence-corrected chi connectivity index (χ1v) is 7.55. The van der Waals surface area contributed by atoms with Gasteiger partial charge in [-0.05, 0) is 30.5 Å². The largest absolute Gasteiger partial charge is 0.486 e. The zero-order chi connectivity index (χ0) is 14.4. The van der Waals surface area contributed by atoms with E-state index in [4.69, 9.17) is 9.47 Å². The summed E-state index contributed by atoms with van der Waals surface area (Å²) >= 11 is 0. The molecule has 4 nitrogen and oxygen atoms in total. The highest BCUT2D eigenvalue weighted by Crippen LogP contribution is 2.32. The summed E-state index contributed by atoms with van der Waals surface area (Å²) in [5.41, 5.74) is 0.869. The molecular weight excluding hydrogens is 254 g/mol. The first-order valence-electron chi connectivity index (χ1n) is 7.55. The van der Waals surface area contributed by atoms with E-state index in [1.54, 1.807) is 0 Å². The molecule has 2 N–H and O–H groups in total. The molecule has 1 aliphatic heterocycles. The van der Waals surface area contributed by atoms with Crippen molar-refractivity contribution in [2.45, 2.75) is 45.3 Å². The smallest absolute Gasteiger partial charge is 0.161 e. The number of ether oxygens (including phenoxy) is 2. The standard InChI is InChI=1S/C16H25NO3/c1-3-5-13(4-2)17-11-14(18)12-6-7-15-16(10-12)20-9-8-19-15/h6-7,10,13-14,17-18H,3-5,8-9,11H2,1-2H3. The maximum atomic E-state index is 10.3. The van der Waals surface area contributed by atoms with E-state index in [2.05, 4.69) is 19.2 Å². The highest BCUT2D eigenvalue weighted by molar-refractivity contribution is 5.44. The summed E-state index contributed by atoms with van der Waals surface area (Å²) in [5, 5.41) is 13.7. The molecule has 0 spiro atoms. The number of rotatable bonds is 7. The van der Waals surface area contributed by atoms with Gasteiger partial charge in [-0.2, -0.15) is 0 Å². The average molecular weight is 279 g/mol. The molecule has 4 heteroatoms. The van der Waals surface area contributed by atoms with Crippen molar-refractivity contribution in [3.8, 4) is 11.5 Å². The van der Waals surface area contributed by atoms with Crippen LogP contribution in [0.25, 0.3) is 0 Å². The van der Waals surface area contributed by atoms with Gasteiger partial charge in [0.15, 0.2) is 11.5 Å². The van der Waals surface area contributed by atoms with Gasteiger partial charge in [-0.15, -0.1) is 0 Å². The van der Waals surface area contributed by atoms with Crippen LogP contribution in [0.3, 0.4) is 0 Å². The topological polar surface area (TPSA) is 50.7 Å². The number of nitrogens with one attached hydrogen (secondary N) is 1. The second-order valence-corrected chi connectivity index (χ2v) is 5.22. The minimum absolute atomic E-state index is 0.479. The molecule has 0 bridgehead atoms. The van der Waals surface area contributed by atoms with Crippen molar-refractivity contribution in [1.82, 2.24) is 5.32 Å². The van der Waals surface area contributed by atoms with Crippen LogP contribution in [-0.2, 0) is 0 Å². The molecule has 0 aromatic heterocycles. The Hall–Kier alpha value is -1.26. The molecule has 112 valence electrons. The van der Waals surface area contributed by atoms with E-state index in [1.165, 1.54) is 0 Å². The van der Waals surface area contributed by atoms with Gasteiger partial charge in [0.05, 0.1) is 6.10 Å². The lowest BCUT2D eigenvalue weighted by atomic mass is 10.1. The van der Waals surface area contributed by atoms with Crippen LogP contribution in [0.15, 0.2) is 18.2 Å². The third kappa shape index (κ3) is 3.87. The maximum Gasteiger partial charge on any atom is 0.161 e. The summed E-state index contributed by atoms with van der Waals surface area (Å²) in [4.78, 5) is 0. The fourth-order valence-corrected chi connectivity index (χ4v) is 2.46. The fraction of sp³-hybridized carbons (Fsp3) is 0.625. The third-order valence-corrected chi connectivity index (χ3v) is 3.68. The van der Waals surface area contributed by atoms with Crippen molar-refractivity contribution in [2.24, 2.45) is 0 Å². The van der Waals surface area contributed by atoms with Crippen molar-refractivity contribution >= 4 is 0 Å². The van der Waals surface area contributed by atoms with Crippen molar-refractivity contribution in [3.05, 3.63) is 23.8 Å². The van der Waals surface area contributed by atoms with E-state index in [0.29, 0.717) is 25.8 Å². The van der Waals surface area contributed by atoms with Gasteiger partial charge in [-0.25, -0.2) is 0 Å². The van der Waals surface area contributed by atoms with Gasteiger partial charge in [0.1, 0.15) is 13.2 Å². The Morgan fingerprint density at radius 3 is 2.65 bits per heavy atom. The van der Waals surface area contributed by atoms with E-state index in [-0.39, 0.29) is 0 Å². The summed E-state index contributed by atoms with van der Waals surface area (Å²) in [6.07, 6.45) is 2.87. The van der Waals surface area contributed by atoms with Gasteiger partial charge in [0.2, 0.25) is 0 Å². The Bertz CT molecular complexity index is 422. The third-order valence-electron chi connectivity index (χ3n) is 3.68. The zero-order valence-corrected chi connectivity index (χ0v) is 12.4. The van der Waals surface area contributed by atoms with Crippen LogP contribution in [0.4, 0.5) is 0 Å². The van der Waals surface area contributed by atoms with Crippen LogP contribution in [0.2, 0.25) is 0 Å². The lowest BCUT2D eigenvalue weighted by Gasteiger charge is -2.22. The molecule has 0 aliphatic carbocycles. The average Bonchev–Trinajstić information content (AvgIpc) is 2.50. The van der Waals surface area contributed by atoms with Crippen LogP contribution in [0.1, 0.15) is 44.8 Å². The minimum atomic E-state index is -0.517. The van der Waals surface area contributed by atoms with Gasteiger partial charge in [-0.1, -0.05) is 26.3 Å². The predicted molar refractivity (Wildman–Crippen MR) is 79.4 cm³/mol. The number of fused-ring (bicyclic) bond motifs is 1. The highest BCUT2D eigenvalue weighted by atomic mass is 16.6. The Balaban J connectivity index is 1.93. The molecule has 1 heterocycles. The maximum absolute atomic E-state index is 10.3. The molecule has 2 atom stereocenters. The van der Waals surface area contributed by atoms with Crippen LogP contribution in [0, 0.1) is 0 Å². The quantitative estimate of drug-likeness (QED) is 0.805. The lowest BCUT2D eigenvalue weighted by Crippen LogP contribution is -2.32. The molecule has 0 radical (unpaired) electrons. The van der Waals surface area contributed by atoms with Crippen LogP contribution in [0.5, 0.6) is 11.5 Å². The Morgan fingerprint density at radius 2 is 1.95 bits per heavy atom. The fourth-order valence-electron chi connectivity index (χ4n) is 2.46. The van der Waals surface area contributed by atoms with E-state index in [1.807, 2.05) is 18.2 Å². The number of hydrogen-bond acceptors (Lipinski definition) is 4. The zero-order valence-electron chi connectivity index (χ0n) is 12.4. The lowest BCUT2D eigenvalue weighted by molar-refractivity contribution is 0.160. The Kier molecular flexibility index (Phi) is 5.68. The van der Waals surface area contributed by atoms with E-state index < -0.39 is 6.10 Å². The molecule has 1 aromatic rings. The summed E-state index contributed by atoms with van der Waals surface area (Å²) in [6.45, 7) is 6.08. The first kappa shape index (κ1) is 15.1. The predicted octanol–water partition coefficient (Wildman–Crippen LogP) is 2.66. The monoisotopic (exact) mass is 279 g/mol. The second kappa shape index (κ2) is 7.50. The molecule has 1 aromatic carbocycles. The Morgan fingerprint density at radius 1 is 1.20 bits per heavy atom. The van der Waals surface area contributed by atoms with Gasteiger partial charge in [-0.3, -0.25) is 0 Å². The van der Waals surface area contributed by atoms with E-state index >= 15 is 0 Å². The van der Waals surface area contributed by atoms with Gasteiger partial charge in [0.25, 0.3) is 0 Å². The van der Waals surface area contributed by atoms with Crippen molar-refractivity contribution in [1.29, 1.82) is 0 Å². The molecule has 0 saturated carbocycles. The van der Waals surface area contributed by atoms with Crippen LogP contribution in [-0.4, -0.2) is 30.9 Å². The molecule has 20 heavy (non-hydrogen) atoms. The summed E-state index contributed by atoms with van der Waals surface area (Å²) in [7, 11) is 0. The second-order valence-electron chi connectivity index (χ2n) is 5.22. The van der Waals surface area contributed by atoms with E-state index in [9.17, 15) is 5.11 Å². The number of aliphatic hydroxyl groups is 1. The van der Waals surface area contributed by atoms with Gasteiger partial charge >= 0.3 is 0 Å². The van der Waals surface area contributed by atoms with Crippen molar-refractivity contribution in [2.75, 3.05) is 19.8 Å². The van der Waals surface area contributed by atoms with Crippen LogP contribution < -0.4 is 14.8 Å². The molecular formula is C16H25NO3. The number of aliphatic hydroxyl groups excluding tert-OH is 1. The normalized spacial score (nSPS) is 16.8. The molecule has 1 aliphatic rings. The highest BCUT2D eigenvalue weighted by Gasteiger charge is 2.16. The molecule has 0 amide bonds. The van der Waals surface area contributed by atoms with Gasteiger partial charge < -0.3 is 19.9 Å². The molecule has 2 unspecified atom stereocenters. The van der Waals surface area contributed by atoms with Gasteiger partial charge in [0, 0.05) is 12.6 Å². The first-order chi connectivity index (χ1) is 9.74. The minimum Gasteiger partial charge on any atom is -0.486 e. The Labute approximate surface area is 121 Å². The molecule has 0 fully saturated rings. The summed E-state index contributed by atoms with van der Waals surface area (Å²) in [5.74, 6) is 1.49.